The van der Waals surface area contributed by atoms with E-state index in [1.54, 1.807) is 20.8 Å². The summed E-state index contributed by atoms with van der Waals surface area (Å²) < 4.78 is 5.12. The van der Waals surface area contributed by atoms with E-state index in [9.17, 15) is 9.59 Å². The number of nitrogens with one attached hydrogen (secondary N) is 2. The number of carbonyl (C=O) groups is 2. The molecule has 1 atom stereocenters. The molecule has 0 aliphatic rings. The van der Waals surface area contributed by atoms with Gasteiger partial charge in [-0.1, -0.05) is 25.9 Å². The van der Waals surface area contributed by atoms with Gasteiger partial charge in [-0.15, -0.1) is 5.10 Å². The molecule has 1 aromatic rings. The van der Waals surface area contributed by atoms with Crippen molar-refractivity contribution in [3.63, 3.8) is 0 Å². The Morgan fingerprint density at radius 1 is 1.39 bits per heavy atom. The SMILES string of the molecule is CC(C)(C)[C@H](NC(=O)O)c1nnc(NC(N)=O)o1. The molecule has 100 valence electrons. The van der Waals surface area contributed by atoms with E-state index in [4.69, 9.17) is 15.3 Å². The van der Waals surface area contributed by atoms with Gasteiger partial charge in [-0.2, -0.15) is 0 Å². The number of aromatic nitrogens is 2. The van der Waals surface area contributed by atoms with Crippen LogP contribution < -0.4 is 16.4 Å². The molecular weight excluding hydrogens is 242 g/mol. The van der Waals surface area contributed by atoms with Crippen LogP contribution in [0.1, 0.15) is 32.7 Å². The van der Waals surface area contributed by atoms with Crippen molar-refractivity contribution >= 4 is 18.1 Å². The van der Waals surface area contributed by atoms with Crippen LogP contribution in [0.2, 0.25) is 0 Å². The average molecular weight is 257 g/mol. The Morgan fingerprint density at radius 2 is 2.00 bits per heavy atom. The molecule has 0 saturated heterocycles. The molecule has 0 spiro atoms. The van der Waals surface area contributed by atoms with E-state index in [1.165, 1.54) is 0 Å². The van der Waals surface area contributed by atoms with Gasteiger partial charge in [0.2, 0.25) is 5.89 Å². The zero-order valence-electron chi connectivity index (χ0n) is 10.2. The van der Waals surface area contributed by atoms with Gasteiger partial charge in [-0.3, -0.25) is 5.32 Å². The lowest BCUT2D eigenvalue weighted by molar-refractivity contribution is 0.166. The number of rotatable bonds is 3. The third-order valence-electron chi connectivity index (χ3n) is 2.05. The summed E-state index contributed by atoms with van der Waals surface area (Å²) in [5.41, 5.74) is 4.41. The molecule has 0 radical (unpaired) electrons. The van der Waals surface area contributed by atoms with E-state index >= 15 is 0 Å². The minimum absolute atomic E-state index is 0.0497. The maximum absolute atomic E-state index is 10.7. The van der Waals surface area contributed by atoms with Crippen molar-refractivity contribution in [3.8, 4) is 0 Å². The monoisotopic (exact) mass is 257 g/mol. The second-order valence-corrected chi connectivity index (χ2v) is 4.68. The third kappa shape index (κ3) is 3.61. The molecule has 0 aromatic carbocycles. The van der Waals surface area contributed by atoms with Gasteiger partial charge in [0, 0.05) is 0 Å². The lowest BCUT2D eigenvalue weighted by Gasteiger charge is -2.27. The Kier molecular flexibility index (Phi) is 3.74. The van der Waals surface area contributed by atoms with Crippen molar-refractivity contribution in [2.45, 2.75) is 26.8 Å². The molecule has 0 saturated carbocycles. The van der Waals surface area contributed by atoms with Crippen molar-refractivity contribution in [1.29, 1.82) is 0 Å². The third-order valence-corrected chi connectivity index (χ3v) is 2.05. The van der Waals surface area contributed by atoms with Crippen LogP contribution in [-0.2, 0) is 0 Å². The van der Waals surface area contributed by atoms with Crippen molar-refractivity contribution in [3.05, 3.63) is 5.89 Å². The molecular formula is C9H15N5O4. The Balaban J connectivity index is 2.95. The molecule has 0 unspecified atom stereocenters. The molecule has 18 heavy (non-hydrogen) atoms. The van der Waals surface area contributed by atoms with Crippen molar-refractivity contribution in [2.24, 2.45) is 11.1 Å². The van der Waals surface area contributed by atoms with Crippen LogP contribution in [0, 0.1) is 5.41 Å². The first-order valence-electron chi connectivity index (χ1n) is 5.09. The van der Waals surface area contributed by atoms with Crippen LogP contribution in [0.25, 0.3) is 0 Å². The predicted molar refractivity (Wildman–Crippen MR) is 60.9 cm³/mol. The molecule has 0 bridgehead atoms. The molecule has 9 heteroatoms. The fourth-order valence-corrected chi connectivity index (χ4v) is 1.28. The van der Waals surface area contributed by atoms with Gasteiger partial charge >= 0.3 is 18.1 Å². The minimum atomic E-state index is -1.21. The maximum Gasteiger partial charge on any atom is 0.405 e. The summed E-state index contributed by atoms with van der Waals surface area (Å²) in [7, 11) is 0. The number of amides is 3. The Labute approximate surface area is 103 Å². The second-order valence-electron chi connectivity index (χ2n) is 4.68. The summed E-state index contributed by atoms with van der Waals surface area (Å²) >= 11 is 0. The Morgan fingerprint density at radius 3 is 2.44 bits per heavy atom. The van der Waals surface area contributed by atoms with Crippen LogP contribution in [-0.4, -0.2) is 27.4 Å². The van der Waals surface area contributed by atoms with E-state index in [0.717, 1.165) is 0 Å². The number of hydrogen-bond acceptors (Lipinski definition) is 5. The molecule has 9 nitrogen and oxygen atoms in total. The number of urea groups is 1. The lowest BCUT2D eigenvalue weighted by Crippen LogP contribution is -2.35. The number of carbonyl (C=O) groups excluding carboxylic acids is 1. The van der Waals surface area contributed by atoms with Crippen LogP contribution in [0.4, 0.5) is 15.6 Å². The second kappa shape index (κ2) is 4.90. The van der Waals surface area contributed by atoms with Crippen LogP contribution in [0.3, 0.4) is 0 Å². The van der Waals surface area contributed by atoms with Crippen molar-refractivity contribution < 1.29 is 19.1 Å². The molecule has 3 amide bonds. The zero-order valence-corrected chi connectivity index (χ0v) is 10.2. The van der Waals surface area contributed by atoms with Gasteiger partial charge in [0.25, 0.3) is 0 Å². The molecule has 0 fully saturated rings. The van der Waals surface area contributed by atoms with Crippen LogP contribution >= 0.6 is 0 Å². The van der Waals surface area contributed by atoms with E-state index in [-0.39, 0.29) is 11.9 Å². The van der Waals surface area contributed by atoms with Gasteiger partial charge in [0.1, 0.15) is 6.04 Å². The van der Waals surface area contributed by atoms with E-state index in [0.29, 0.717) is 0 Å². The lowest BCUT2D eigenvalue weighted by atomic mass is 9.87. The molecule has 1 rings (SSSR count). The molecule has 1 aromatic heterocycles. The Bertz CT molecular complexity index is 450. The first-order valence-corrected chi connectivity index (χ1v) is 5.09. The average Bonchev–Trinajstić information content (AvgIpc) is 2.59. The smallest absolute Gasteiger partial charge is 0.405 e. The number of anilines is 1. The van der Waals surface area contributed by atoms with Gasteiger partial charge in [0.15, 0.2) is 0 Å². The molecule has 0 aliphatic heterocycles. The number of hydrogen-bond donors (Lipinski definition) is 4. The first kappa shape index (κ1) is 13.7. The summed E-state index contributed by atoms with van der Waals surface area (Å²) in [6.07, 6.45) is -1.21. The highest BCUT2D eigenvalue weighted by atomic mass is 16.4. The van der Waals surface area contributed by atoms with Crippen LogP contribution in [0.5, 0.6) is 0 Å². The first-order chi connectivity index (χ1) is 8.20. The highest BCUT2D eigenvalue weighted by molar-refractivity contribution is 5.85. The highest BCUT2D eigenvalue weighted by Gasteiger charge is 2.32. The zero-order chi connectivity index (χ0) is 13.9. The van der Waals surface area contributed by atoms with Gasteiger partial charge in [0.05, 0.1) is 0 Å². The summed E-state index contributed by atoms with van der Waals surface area (Å²) in [6, 6.07) is -1.73. The van der Waals surface area contributed by atoms with E-state index < -0.39 is 23.6 Å². The van der Waals surface area contributed by atoms with Crippen LogP contribution in [0.15, 0.2) is 4.42 Å². The number of nitrogens with zero attached hydrogens (tertiary/aromatic N) is 2. The van der Waals surface area contributed by atoms with Crippen molar-refractivity contribution in [1.82, 2.24) is 15.5 Å². The largest absolute Gasteiger partial charge is 0.465 e. The normalized spacial score (nSPS) is 12.8. The maximum atomic E-state index is 10.7. The predicted octanol–water partition coefficient (Wildman–Crippen LogP) is 0.915. The minimum Gasteiger partial charge on any atom is -0.465 e. The summed E-state index contributed by atoms with van der Waals surface area (Å²) in [5.74, 6) is 0.0497. The van der Waals surface area contributed by atoms with Gasteiger partial charge in [-0.05, 0) is 5.41 Å². The standard InChI is InChI=1S/C9H15N5O4/c1-9(2,3)4(11-8(16)17)5-13-14-7(18-5)12-6(10)15/h4,11H,1-3H3,(H,16,17)(H3,10,12,14,15)/t4-/m1/s1. The number of nitrogens with two attached hydrogens (primary N) is 1. The quantitative estimate of drug-likeness (QED) is 0.633. The van der Waals surface area contributed by atoms with E-state index in [2.05, 4.69) is 20.8 Å². The summed E-state index contributed by atoms with van der Waals surface area (Å²) in [4.78, 5) is 21.3. The molecule has 1 heterocycles. The van der Waals surface area contributed by atoms with Gasteiger partial charge in [-0.25, -0.2) is 9.59 Å². The summed E-state index contributed by atoms with van der Waals surface area (Å²) in [5, 5.41) is 20.4. The van der Waals surface area contributed by atoms with Gasteiger partial charge < -0.3 is 20.6 Å². The molecule has 5 N–H and O–H groups in total. The topological polar surface area (TPSA) is 143 Å². The van der Waals surface area contributed by atoms with Crippen molar-refractivity contribution in [2.75, 3.05) is 5.32 Å². The molecule has 0 aliphatic carbocycles. The fraction of sp³-hybridized carbons (Fsp3) is 0.556. The fourth-order valence-electron chi connectivity index (χ4n) is 1.28. The Hall–Kier alpha value is -2.32. The number of primary amides is 1. The summed E-state index contributed by atoms with van der Waals surface area (Å²) in [6.45, 7) is 5.41. The highest BCUT2D eigenvalue weighted by Crippen LogP contribution is 2.32. The van der Waals surface area contributed by atoms with E-state index in [1.807, 2.05) is 0 Å². The number of carboxylic acid groups (broad SMARTS) is 1.